The van der Waals surface area contributed by atoms with Gasteiger partial charge in [-0.15, -0.1) is 0 Å². The van der Waals surface area contributed by atoms with Crippen molar-refractivity contribution in [2.24, 2.45) is 0 Å². The lowest BCUT2D eigenvalue weighted by Gasteiger charge is -1.97. The second-order valence-corrected chi connectivity index (χ2v) is 3.95. The SMILES string of the molecule is c1ccc(C[n+]2ccc3cc[nH]c3c2)cc1. The first-order valence-corrected chi connectivity index (χ1v) is 5.42. The summed E-state index contributed by atoms with van der Waals surface area (Å²) >= 11 is 0. The minimum Gasteiger partial charge on any atom is -0.356 e. The van der Waals surface area contributed by atoms with Gasteiger partial charge in [0.2, 0.25) is 0 Å². The highest BCUT2D eigenvalue weighted by atomic mass is 14.9. The zero-order chi connectivity index (χ0) is 10.8. The third-order valence-electron chi connectivity index (χ3n) is 2.76. The summed E-state index contributed by atoms with van der Waals surface area (Å²) in [6.45, 7) is 0.912. The minimum atomic E-state index is 0.912. The molecule has 1 aromatic carbocycles. The first kappa shape index (κ1) is 9.16. The van der Waals surface area contributed by atoms with Gasteiger partial charge in [0.15, 0.2) is 18.9 Å². The van der Waals surface area contributed by atoms with Crippen LogP contribution in [0, 0.1) is 0 Å². The number of benzene rings is 1. The Morgan fingerprint density at radius 1 is 1.00 bits per heavy atom. The Labute approximate surface area is 94.2 Å². The molecule has 2 heteroatoms. The molecule has 0 fully saturated rings. The molecule has 2 nitrogen and oxygen atoms in total. The largest absolute Gasteiger partial charge is 0.356 e. The molecule has 0 bridgehead atoms. The fraction of sp³-hybridized carbons (Fsp3) is 0.0714. The lowest BCUT2D eigenvalue weighted by Crippen LogP contribution is -2.33. The Balaban J connectivity index is 1.94. The highest BCUT2D eigenvalue weighted by Gasteiger charge is 2.04. The van der Waals surface area contributed by atoms with E-state index >= 15 is 0 Å². The zero-order valence-corrected chi connectivity index (χ0v) is 8.93. The molecular weight excluding hydrogens is 196 g/mol. The average molecular weight is 209 g/mol. The van der Waals surface area contributed by atoms with Crippen LogP contribution in [0.4, 0.5) is 0 Å². The van der Waals surface area contributed by atoms with Crippen molar-refractivity contribution < 1.29 is 4.57 Å². The van der Waals surface area contributed by atoms with Gasteiger partial charge in [-0.25, -0.2) is 0 Å². The Morgan fingerprint density at radius 2 is 1.88 bits per heavy atom. The van der Waals surface area contributed by atoms with E-state index in [1.165, 1.54) is 16.5 Å². The number of hydrogen-bond acceptors (Lipinski definition) is 0. The van der Waals surface area contributed by atoms with Crippen LogP contribution in [0.15, 0.2) is 61.1 Å². The van der Waals surface area contributed by atoms with Crippen LogP contribution in [0.1, 0.15) is 5.56 Å². The minimum absolute atomic E-state index is 0.912. The summed E-state index contributed by atoms with van der Waals surface area (Å²) in [6.07, 6.45) is 6.23. The molecule has 0 atom stereocenters. The van der Waals surface area contributed by atoms with Gasteiger partial charge in [-0.05, 0) is 6.07 Å². The van der Waals surface area contributed by atoms with Gasteiger partial charge in [0, 0.05) is 23.2 Å². The maximum absolute atomic E-state index is 3.22. The molecule has 0 aliphatic rings. The smallest absolute Gasteiger partial charge is 0.193 e. The number of hydrogen-bond donors (Lipinski definition) is 1. The highest BCUT2D eigenvalue weighted by Crippen LogP contribution is 2.08. The number of H-pyrrole nitrogens is 1. The number of aromatic nitrogens is 2. The van der Waals surface area contributed by atoms with Crippen molar-refractivity contribution in [3.63, 3.8) is 0 Å². The van der Waals surface area contributed by atoms with Gasteiger partial charge in [-0.1, -0.05) is 30.3 Å². The Bertz CT molecular complexity index is 596. The third-order valence-corrected chi connectivity index (χ3v) is 2.76. The van der Waals surface area contributed by atoms with Crippen molar-refractivity contribution in [3.8, 4) is 0 Å². The van der Waals surface area contributed by atoms with Crippen molar-refractivity contribution in [2.45, 2.75) is 6.54 Å². The van der Waals surface area contributed by atoms with E-state index in [0.29, 0.717) is 0 Å². The summed E-state index contributed by atoms with van der Waals surface area (Å²) in [6, 6.07) is 14.7. The van der Waals surface area contributed by atoms with E-state index in [0.717, 1.165) is 6.54 Å². The first-order chi connectivity index (χ1) is 7.92. The molecular formula is C14H13N2+. The normalized spacial score (nSPS) is 10.8. The summed E-state index contributed by atoms with van der Waals surface area (Å²) in [5, 5.41) is 1.25. The van der Waals surface area contributed by atoms with Crippen LogP contribution in [0.5, 0.6) is 0 Å². The Hall–Kier alpha value is -2.09. The van der Waals surface area contributed by atoms with Crippen LogP contribution in [-0.2, 0) is 6.54 Å². The lowest BCUT2D eigenvalue weighted by molar-refractivity contribution is -0.687. The number of fused-ring (bicyclic) bond motifs is 1. The van der Waals surface area contributed by atoms with Gasteiger partial charge < -0.3 is 4.98 Å². The molecule has 2 aromatic heterocycles. The van der Waals surface area contributed by atoms with Crippen molar-refractivity contribution in [1.82, 2.24) is 4.98 Å². The van der Waals surface area contributed by atoms with E-state index in [4.69, 9.17) is 0 Å². The number of aromatic amines is 1. The van der Waals surface area contributed by atoms with Gasteiger partial charge in [-0.2, -0.15) is 4.57 Å². The predicted octanol–water partition coefficient (Wildman–Crippen LogP) is 2.50. The molecule has 0 aliphatic carbocycles. The average Bonchev–Trinajstić information content (AvgIpc) is 2.77. The quantitative estimate of drug-likeness (QED) is 0.626. The molecule has 2 heterocycles. The summed E-state index contributed by atoms with van der Waals surface area (Å²) in [5.41, 5.74) is 2.50. The van der Waals surface area contributed by atoms with Crippen LogP contribution < -0.4 is 4.57 Å². The van der Waals surface area contributed by atoms with E-state index in [1.807, 2.05) is 12.3 Å². The number of rotatable bonds is 2. The summed E-state index contributed by atoms with van der Waals surface area (Å²) < 4.78 is 2.19. The van der Waals surface area contributed by atoms with Crippen molar-refractivity contribution in [3.05, 3.63) is 66.6 Å². The molecule has 0 radical (unpaired) electrons. The maximum Gasteiger partial charge on any atom is 0.193 e. The van der Waals surface area contributed by atoms with E-state index in [-0.39, 0.29) is 0 Å². The molecule has 0 aliphatic heterocycles. The van der Waals surface area contributed by atoms with Crippen molar-refractivity contribution in [2.75, 3.05) is 0 Å². The van der Waals surface area contributed by atoms with Crippen LogP contribution >= 0.6 is 0 Å². The number of pyridine rings is 1. The van der Waals surface area contributed by atoms with Crippen molar-refractivity contribution in [1.29, 1.82) is 0 Å². The predicted molar refractivity (Wildman–Crippen MR) is 64.0 cm³/mol. The second kappa shape index (κ2) is 3.81. The molecule has 16 heavy (non-hydrogen) atoms. The molecule has 0 spiro atoms. The Kier molecular flexibility index (Phi) is 2.18. The van der Waals surface area contributed by atoms with Crippen molar-refractivity contribution >= 4 is 10.9 Å². The molecule has 3 rings (SSSR count). The molecule has 3 aromatic rings. The van der Waals surface area contributed by atoms with Gasteiger partial charge in [0.25, 0.3) is 0 Å². The third kappa shape index (κ3) is 1.70. The summed E-state index contributed by atoms with van der Waals surface area (Å²) in [4.78, 5) is 3.22. The fourth-order valence-electron chi connectivity index (χ4n) is 1.93. The van der Waals surface area contributed by atoms with Gasteiger partial charge in [0.05, 0.1) is 0 Å². The molecule has 78 valence electrons. The Morgan fingerprint density at radius 3 is 2.75 bits per heavy atom. The maximum atomic E-state index is 3.22. The van der Waals surface area contributed by atoms with Crippen LogP contribution in [0.2, 0.25) is 0 Å². The van der Waals surface area contributed by atoms with E-state index < -0.39 is 0 Å². The van der Waals surface area contributed by atoms with Crippen LogP contribution in [-0.4, -0.2) is 4.98 Å². The lowest BCUT2D eigenvalue weighted by atomic mass is 10.2. The topological polar surface area (TPSA) is 19.7 Å². The molecule has 1 N–H and O–H groups in total. The van der Waals surface area contributed by atoms with Gasteiger partial charge >= 0.3 is 0 Å². The number of nitrogens with one attached hydrogen (secondary N) is 1. The van der Waals surface area contributed by atoms with E-state index in [9.17, 15) is 0 Å². The molecule has 0 amide bonds. The standard InChI is InChI=1S/C14H12N2/c1-2-4-12(5-3-1)10-16-9-7-13-6-8-15-14(13)11-16/h1-9,11H,10H2/p+1. The van der Waals surface area contributed by atoms with Gasteiger partial charge in [-0.3, -0.25) is 0 Å². The molecule has 0 unspecified atom stereocenters. The molecule has 0 saturated carbocycles. The second-order valence-electron chi connectivity index (χ2n) is 3.95. The van der Waals surface area contributed by atoms with Gasteiger partial charge in [0.1, 0.15) is 5.52 Å². The molecule has 0 saturated heterocycles. The zero-order valence-electron chi connectivity index (χ0n) is 8.93. The monoisotopic (exact) mass is 209 g/mol. The first-order valence-electron chi connectivity index (χ1n) is 5.42. The summed E-state index contributed by atoms with van der Waals surface area (Å²) in [5.74, 6) is 0. The van der Waals surface area contributed by atoms with E-state index in [2.05, 4.69) is 58.3 Å². The number of nitrogens with zero attached hydrogens (tertiary/aromatic N) is 1. The van der Waals surface area contributed by atoms with Crippen LogP contribution in [0.25, 0.3) is 10.9 Å². The summed E-state index contributed by atoms with van der Waals surface area (Å²) in [7, 11) is 0. The van der Waals surface area contributed by atoms with E-state index in [1.54, 1.807) is 0 Å². The highest BCUT2D eigenvalue weighted by molar-refractivity contribution is 5.76. The van der Waals surface area contributed by atoms with Crippen LogP contribution in [0.3, 0.4) is 0 Å². The fourth-order valence-corrected chi connectivity index (χ4v) is 1.93.